The number of carbonyl (C=O) groups excluding carboxylic acids is 2. The van der Waals surface area contributed by atoms with Crippen molar-refractivity contribution in [2.45, 2.75) is 19.2 Å². The van der Waals surface area contributed by atoms with E-state index in [1.165, 1.54) is 25.1 Å². The fraction of sp³-hybridized carbons (Fsp3) is 0.176. The zero-order valence-corrected chi connectivity index (χ0v) is 14.7. The number of hydrogen-bond donors (Lipinski definition) is 1. The molecular weight excluding hydrogens is 394 g/mol. The fourth-order valence-corrected chi connectivity index (χ4v) is 2.47. The summed E-state index contributed by atoms with van der Waals surface area (Å²) in [6.07, 6.45) is -5.70. The maximum absolute atomic E-state index is 12.5. The normalized spacial score (nSPS) is 12.4. The number of rotatable bonds is 4. The third-order valence-electron chi connectivity index (χ3n) is 3.23. The van der Waals surface area contributed by atoms with E-state index in [9.17, 15) is 22.8 Å². The molecule has 2 aromatic rings. The second-order valence-corrected chi connectivity index (χ2v) is 6.14. The van der Waals surface area contributed by atoms with Crippen molar-refractivity contribution in [1.29, 1.82) is 0 Å². The van der Waals surface area contributed by atoms with Gasteiger partial charge in [-0.05, 0) is 49.4 Å². The third-order valence-corrected chi connectivity index (χ3v) is 3.67. The topological polar surface area (TPSA) is 55.4 Å². The first-order chi connectivity index (χ1) is 12.1. The molecule has 0 fully saturated rings. The van der Waals surface area contributed by atoms with Crippen molar-refractivity contribution in [3.8, 4) is 0 Å². The minimum atomic E-state index is -4.51. The highest BCUT2D eigenvalue weighted by molar-refractivity contribution is 6.35. The van der Waals surface area contributed by atoms with Crippen LogP contribution in [0.15, 0.2) is 42.5 Å². The number of esters is 1. The number of nitrogens with one attached hydrogen (secondary N) is 1. The zero-order valence-electron chi connectivity index (χ0n) is 13.2. The number of amides is 1. The van der Waals surface area contributed by atoms with Crippen molar-refractivity contribution in [1.82, 2.24) is 0 Å². The predicted octanol–water partition coefficient (Wildman–Crippen LogP) is 5.20. The quantitative estimate of drug-likeness (QED) is 0.711. The van der Waals surface area contributed by atoms with Gasteiger partial charge in [0.15, 0.2) is 6.10 Å². The van der Waals surface area contributed by atoms with Crippen LogP contribution < -0.4 is 5.32 Å². The molecule has 4 nitrogen and oxygen atoms in total. The summed E-state index contributed by atoms with van der Waals surface area (Å²) in [6.45, 7) is 1.32. The molecule has 0 aliphatic heterocycles. The van der Waals surface area contributed by atoms with Crippen molar-refractivity contribution >= 4 is 40.8 Å². The number of alkyl halides is 3. The molecule has 0 radical (unpaired) electrons. The maximum atomic E-state index is 12.5. The van der Waals surface area contributed by atoms with Crippen molar-refractivity contribution in [2.24, 2.45) is 0 Å². The van der Waals surface area contributed by atoms with E-state index in [4.69, 9.17) is 27.9 Å². The lowest BCUT2D eigenvalue weighted by atomic mass is 10.1. The van der Waals surface area contributed by atoms with E-state index in [0.717, 1.165) is 24.3 Å². The molecule has 1 atom stereocenters. The minimum absolute atomic E-state index is 0.108. The van der Waals surface area contributed by atoms with E-state index in [-0.39, 0.29) is 5.56 Å². The third kappa shape index (κ3) is 5.37. The van der Waals surface area contributed by atoms with Crippen molar-refractivity contribution in [3.05, 3.63) is 63.6 Å². The smallest absolute Gasteiger partial charge is 0.416 e. The molecule has 0 saturated heterocycles. The SMILES string of the molecule is C[C@@H](OC(=O)c1ccc(C(F)(F)F)cc1)C(=O)Nc1cc(Cl)cc(Cl)c1. The molecule has 0 aliphatic rings. The standard InChI is InChI=1S/C17H12Cl2F3NO3/c1-9(15(24)23-14-7-12(18)6-13(19)8-14)26-16(25)10-2-4-11(5-3-10)17(20,21)22/h2-9H,1H3,(H,23,24)/t9-/m1/s1. The van der Waals surface area contributed by atoms with E-state index in [2.05, 4.69) is 5.32 Å². The van der Waals surface area contributed by atoms with Gasteiger partial charge in [0.2, 0.25) is 0 Å². The van der Waals surface area contributed by atoms with Gasteiger partial charge in [0.25, 0.3) is 5.91 Å². The maximum Gasteiger partial charge on any atom is 0.416 e. The highest BCUT2D eigenvalue weighted by atomic mass is 35.5. The number of carbonyl (C=O) groups is 2. The Morgan fingerprint density at radius 3 is 2.08 bits per heavy atom. The van der Waals surface area contributed by atoms with Gasteiger partial charge in [0, 0.05) is 15.7 Å². The van der Waals surface area contributed by atoms with E-state index in [1.54, 1.807) is 0 Å². The molecule has 1 N–H and O–H groups in total. The van der Waals surface area contributed by atoms with E-state index in [0.29, 0.717) is 15.7 Å². The molecular formula is C17H12Cl2F3NO3. The molecule has 9 heteroatoms. The molecule has 0 heterocycles. The Morgan fingerprint density at radius 2 is 1.58 bits per heavy atom. The Bertz CT molecular complexity index is 803. The van der Waals surface area contributed by atoms with Gasteiger partial charge in [-0.3, -0.25) is 4.79 Å². The van der Waals surface area contributed by atoms with Crippen LogP contribution in [-0.2, 0) is 15.7 Å². The second-order valence-electron chi connectivity index (χ2n) is 5.27. The average Bonchev–Trinajstić information content (AvgIpc) is 2.53. The van der Waals surface area contributed by atoms with Gasteiger partial charge in [0.1, 0.15) is 0 Å². The van der Waals surface area contributed by atoms with Gasteiger partial charge in [-0.2, -0.15) is 13.2 Å². The first kappa shape index (κ1) is 20.1. The lowest BCUT2D eigenvalue weighted by Gasteiger charge is -2.14. The van der Waals surface area contributed by atoms with E-state index in [1.807, 2.05) is 0 Å². The first-order valence-corrected chi connectivity index (χ1v) is 7.97. The average molecular weight is 406 g/mol. The summed E-state index contributed by atoms with van der Waals surface area (Å²) in [5, 5.41) is 3.09. The monoisotopic (exact) mass is 405 g/mol. The molecule has 0 bridgehead atoms. The molecule has 26 heavy (non-hydrogen) atoms. The van der Waals surface area contributed by atoms with Crippen LogP contribution in [0.25, 0.3) is 0 Å². The van der Waals surface area contributed by atoms with Gasteiger partial charge in [0.05, 0.1) is 11.1 Å². The number of halogens is 5. The second kappa shape index (κ2) is 7.97. The summed E-state index contributed by atoms with van der Waals surface area (Å²) in [4.78, 5) is 24.0. The van der Waals surface area contributed by atoms with Crippen LogP contribution in [0.2, 0.25) is 10.0 Å². The number of benzene rings is 2. The first-order valence-electron chi connectivity index (χ1n) is 7.21. The van der Waals surface area contributed by atoms with Gasteiger partial charge < -0.3 is 10.1 Å². The molecule has 2 aromatic carbocycles. The highest BCUT2D eigenvalue weighted by Gasteiger charge is 2.30. The van der Waals surface area contributed by atoms with Crippen molar-refractivity contribution < 1.29 is 27.5 Å². The highest BCUT2D eigenvalue weighted by Crippen LogP contribution is 2.29. The Hall–Kier alpha value is -2.25. The molecule has 0 saturated carbocycles. The Kier molecular flexibility index (Phi) is 6.15. The van der Waals surface area contributed by atoms with Crippen LogP contribution in [0, 0.1) is 0 Å². The number of hydrogen-bond acceptors (Lipinski definition) is 3. The fourth-order valence-electron chi connectivity index (χ4n) is 1.95. The zero-order chi connectivity index (χ0) is 19.5. The Labute approximate surface area is 156 Å². The van der Waals surface area contributed by atoms with Gasteiger partial charge in [-0.1, -0.05) is 23.2 Å². The molecule has 0 aromatic heterocycles. The summed E-state index contributed by atoms with van der Waals surface area (Å²) in [5.74, 6) is -1.57. The molecule has 0 spiro atoms. The number of anilines is 1. The molecule has 0 aliphatic carbocycles. The van der Waals surface area contributed by atoms with Crippen LogP contribution in [0.3, 0.4) is 0 Å². The predicted molar refractivity (Wildman–Crippen MR) is 91.4 cm³/mol. The molecule has 1 amide bonds. The summed E-state index contributed by atoms with van der Waals surface area (Å²) >= 11 is 11.6. The summed E-state index contributed by atoms with van der Waals surface area (Å²) in [5.41, 5.74) is -0.689. The Balaban J connectivity index is 2.00. The van der Waals surface area contributed by atoms with Gasteiger partial charge in [-0.25, -0.2) is 4.79 Å². The van der Waals surface area contributed by atoms with Crippen LogP contribution in [0.4, 0.5) is 18.9 Å². The lowest BCUT2D eigenvalue weighted by molar-refractivity contribution is -0.137. The van der Waals surface area contributed by atoms with Crippen LogP contribution in [0.1, 0.15) is 22.8 Å². The van der Waals surface area contributed by atoms with Gasteiger partial charge >= 0.3 is 12.1 Å². The minimum Gasteiger partial charge on any atom is -0.449 e. The lowest BCUT2D eigenvalue weighted by Crippen LogP contribution is -2.30. The van der Waals surface area contributed by atoms with Crippen LogP contribution in [-0.4, -0.2) is 18.0 Å². The van der Waals surface area contributed by atoms with Crippen molar-refractivity contribution in [2.75, 3.05) is 5.32 Å². The van der Waals surface area contributed by atoms with Crippen molar-refractivity contribution in [3.63, 3.8) is 0 Å². The molecule has 138 valence electrons. The Morgan fingerprint density at radius 1 is 1.04 bits per heavy atom. The summed E-state index contributed by atoms with van der Waals surface area (Å²) < 4.78 is 42.5. The van der Waals surface area contributed by atoms with Crippen LogP contribution >= 0.6 is 23.2 Å². The van der Waals surface area contributed by atoms with E-state index < -0.39 is 29.7 Å². The van der Waals surface area contributed by atoms with E-state index >= 15 is 0 Å². The van der Waals surface area contributed by atoms with Gasteiger partial charge in [-0.15, -0.1) is 0 Å². The molecule has 2 rings (SSSR count). The molecule has 0 unspecified atom stereocenters. The number of ether oxygens (including phenoxy) is 1. The summed E-state index contributed by atoms with van der Waals surface area (Å²) in [7, 11) is 0. The van der Waals surface area contributed by atoms with Crippen LogP contribution in [0.5, 0.6) is 0 Å². The largest absolute Gasteiger partial charge is 0.449 e. The summed E-state index contributed by atoms with van der Waals surface area (Å²) in [6, 6.07) is 7.86.